The summed E-state index contributed by atoms with van der Waals surface area (Å²) in [7, 11) is 0. The van der Waals surface area contributed by atoms with Crippen molar-refractivity contribution in [1.29, 1.82) is 0 Å². The number of nitrogens with one attached hydrogen (secondary N) is 2. The van der Waals surface area contributed by atoms with Crippen molar-refractivity contribution in [3.8, 4) is 5.75 Å². The number of aryl methyl sites for hydroxylation is 1. The second-order valence-corrected chi connectivity index (χ2v) is 6.76. The van der Waals surface area contributed by atoms with Crippen LogP contribution in [0.1, 0.15) is 50.0 Å². The van der Waals surface area contributed by atoms with Crippen LogP contribution in [0, 0.1) is 12.8 Å². The summed E-state index contributed by atoms with van der Waals surface area (Å²) in [6.07, 6.45) is 0. The first kappa shape index (κ1) is 17.3. The molecule has 0 fully saturated rings. The van der Waals surface area contributed by atoms with Crippen LogP contribution in [0.5, 0.6) is 5.75 Å². The monoisotopic (exact) mass is 344 g/mol. The van der Waals surface area contributed by atoms with E-state index in [4.69, 9.17) is 9.26 Å². The lowest BCUT2D eigenvalue weighted by molar-refractivity contribution is 0.218. The minimum absolute atomic E-state index is 0.0686. The van der Waals surface area contributed by atoms with Crippen molar-refractivity contribution in [2.75, 3.05) is 6.61 Å². The normalized spacial score (nSPS) is 18.4. The van der Waals surface area contributed by atoms with Gasteiger partial charge in [-0.1, -0.05) is 37.2 Å². The zero-order valence-corrected chi connectivity index (χ0v) is 14.9. The van der Waals surface area contributed by atoms with Crippen molar-refractivity contribution < 1.29 is 14.1 Å². The van der Waals surface area contributed by atoms with E-state index < -0.39 is 0 Å². The van der Waals surface area contributed by atoms with E-state index in [1.165, 1.54) is 0 Å². The number of fused-ring (bicyclic) bond motifs is 1. The number of nitrogens with zero attached hydrogens (tertiary/aromatic N) is 2. The molecule has 3 unspecified atom stereocenters. The fourth-order valence-electron chi connectivity index (χ4n) is 3.04. The molecule has 3 rings (SSSR count). The molecule has 0 radical (unpaired) electrons. The van der Waals surface area contributed by atoms with E-state index in [1.807, 2.05) is 45.0 Å². The van der Waals surface area contributed by atoms with Gasteiger partial charge in [0.05, 0.1) is 6.61 Å². The summed E-state index contributed by atoms with van der Waals surface area (Å²) >= 11 is 0. The Balaban J connectivity index is 1.63. The molecular weight excluding hydrogens is 320 g/mol. The van der Waals surface area contributed by atoms with Gasteiger partial charge < -0.3 is 19.9 Å². The Hall–Kier alpha value is -2.57. The molecule has 2 N–H and O–H groups in total. The second kappa shape index (κ2) is 7.13. The number of rotatable bonds is 5. The van der Waals surface area contributed by atoms with E-state index >= 15 is 0 Å². The van der Waals surface area contributed by atoms with Crippen LogP contribution in [0.15, 0.2) is 28.8 Å². The molecule has 7 heteroatoms. The van der Waals surface area contributed by atoms with E-state index in [-0.39, 0.29) is 30.0 Å². The Morgan fingerprint density at radius 2 is 2.00 bits per heavy atom. The van der Waals surface area contributed by atoms with Gasteiger partial charge >= 0.3 is 6.03 Å². The lowest BCUT2D eigenvalue weighted by atomic mass is 9.94. The zero-order chi connectivity index (χ0) is 18.0. The van der Waals surface area contributed by atoms with Gasteiger partial charge in [0.1, 0.15) is 11.8 Å². The number of para-hydroxylation sites is 1. The quantitative estimate of drug-likeness (QED) is 0.870. The van der Waals surface area contributed by atoms with Crippen LogP contribution in [0.2, 0.25) is 0 Å². The topological polar surface area (TPSA) is 89.3 Å². The Labute approximate surface area is 147 Å². The predicted molar refractivity (Wildman–Crippen MR) is 92.4 cm³/mol. The standard InChI is InChI=1S/C18H24N4O3/c1-10(2)16(17-20-12(4)22-25-17)21-18(23)19-11(3)14-9-24-15-8-6-5-7-13(14)15/h5-8,10-11,14,16H,9H2,1-4H3,(H2,19,21,23). The average Bonchev–Trinajstić information content (AvgIpc) is 3.18. The molecule has 25 heavy (non-hydrogen) atoms. The highest BCUT2D eigenvalue weighted by Crippen LogP contribution is 2.35. The molecule has 134 valence electrons. The molecule has 0 saturated carbocycles. The molecule has 1 aromatic heterocycles. The van der Waals surface area contributed by atoms with Crippen LogP contribution in [0.25, 0.3) is 0 Å². The third-order valence-electron chi connectivity index (χ3n) is 4.46. The maximum absolute atomic E-state index is 12.5. The molecule has 3 atom stereocenters. The van der Waals surface area contributed by atoms with E-state index in [0.29, 0.717) is 18.3 Å². The minimum atomic E-state index is -0.333. The SMILES string of the molecule is Cc1noc(C(NC(=O)NC(C)C2COc3ccccc32)C(C)C)n1. The van der Waals surface area contributed by atoms with Crippen LogP contribution in [-0.4, -0.2) is 28.8 Å². The first-order chi connectivity index (χ1) is 12.0. The summed E-state index contributed by atoms with van der Waals surface area (Å²) in [6.45, 7) is 8.29. The number of carbonyl (C=O) groups excluding carboxylic acids is 1. The van der Waals surface area contributed by atoms with Gasteiger partial charge in [0.15, 0.2) is 5.82 Å². The zero-order valence-electron chi connectivity index (χ0n) is 14.9. The van der Waals surface area contributed by atoms with Crippen molar-refractivity contribution in [2.45, 2.75) is 45.7 Å². The molecule has 0 spiro atoms. The molecular formula is C18H24N4O3. The largest absolute Gasteiger partial charge is 0.493 e. The van der Waals surface area contributed by atoms with Gasteiger partial charge in [0, 0.05) is 17.5 Å². The van der Waals surface area contributed by atoms with E-state index in [0.717, 1.165) is 11.3 Å². The smallest absolute Gasteiger partial charge is 0.315 e. The van der Waals surface area contributed by atoms with E-state index in [1.54, 1.807) is 6.92 Å². The number of urea groups is 1. The molecule has 0 aliphatic carbocycles. The first-order valence-corrected chi connectivity index (χ1v) is 8.54. The number of hydrogen-bond donors (Lipinski definition) is 2. The van der Waals surface area contributed by atoms with Crippen molar-refractivity contribution in [1.82, 2.24) is 20.8 Å². The summed E-state index contributed by atoms with van der Waals surface area (Å²) in [4.78, 5) is 16.7. The number of carbonyl (C=O) groups is 1. The number of amides is 2. The molecule has 2 heterocycles. The predicted octanol–water partition coefficient (Wildman–Crippen LogP) is 2.94. The first-order valence-electron chi connectivity index (χ1n) is 8.54. The van der Waals surface area contributed by atoms with Gasteiger partial charge in [-0.15, -0.1) is 0 Å². The molecule has 0 bridgehead atoms. The highest BCUT2D eigenvalue weighted by atomic mass is 16.5. The molecule has 1 aromatic carbocycles. The third-order valence-corrected chi connectivity index (χ3v) is 4.46. The third kappa shape index (κ3) is 3.75. The lowest BCUT2D eigenvalue weighted by Crippen LogP contribution is -2.45. The molecule has 0 saturated heterocycles. The van der Waals surface area contributed by atoms with E-state index in [2.05, 4.69) is 20.8 Å². The molecule has 2 aromatic rings. The highest BCUT2D eigenvalue weighted by molar-refractivity contribution is 5.74. The number of benzene rings is 1. The van der Waals surface area contributed by atoms with Gasteiger partial charge in [0.2, 0.25) is 5.89 Å². The Bertz CT molecular complexity index is 743. The summed E-state index contributed by atoms with van der Waals surface area (Å²) in [6, 6.07) is 7.27. The maximum atomic E-state index is 12.5. The minimum Gasteiger partial charge on any atom is -0.493 e. The molecule has 1 aliphatic rings. The summed E-state index contributed by atoms with van der Waals surface area (Å²) < 4.78 is 10.9. The van der Waals surface area contributed by atoms with Crippen molar-refractivity contribution in [3.63, 3.8) is 0 Å². The van der Waals surface area contributed by atoms with Gasteiger partial charge in [0.25, 0.3) is 0 Å². The number of aromatic nitrogens is 2. The average molecular weight is 344 g/mol. The second-order valence-electron chi connectivity index (χ2n) is 6.76. The highest BCUT2D eigenvalue weighted by Gasteiger charge is 2.31. The fourth-order valence-corrected chi connectivity index (χ4v) is 3.04. The van der Waals surface area contributed by atoms with Crippen molar-refractivity contribution in [3.05, 3.63) is 41.5 Å². The van der Waals surface area contributed by atoms with Crippen LogP contribution >= 0.6 is 0 Å². The van der Waals surface area contributed by atoms with Gasteiger partial charge in [-0.05, 0) is 25.8 Å². The molecule has 1 aliphatic heterocycles. The van der Waals surface area contributed by atoms with Crippen LogP contribution in [0.3, 0.4) is 0 Å². The Morgan fingerprint density at radius 3 is 2.68 bits per heavy atom. The number of hydrogen-bond acceptors (Lipinski definition) is 5. The van der Waals surface area contributed by atoms with Gasteiger partial charge in [-0.25, -0.2) is 4.79 Å². The van der Waals surface area contributed by atoms with Crippen LogP contribution in [0.4, 0.5) is 4.79 Å². The molecule has 2 amide bonds. The van der Waals surface area contributed by atoms with Crippen molar-refractivity contribution in [2.24, 2.45) is 5.92 Å². The Morgan fingerprint density at radius 1 is 1.24 bits per heavy atom. The van der Waals surface area contributed by atoms with Crippen LogP contribution < -0.4 is 15.4 Å². The fraction of sp³-hybridized carbons (Fsp3) is 0.500. The summed E-state index contributed by atoms with van der Waals surface area (Å²) in [5.41, 5.74) is 1.13. The summed E-state index contributed by atoms with van der Waals surface area (Å²) in [5.74, 6) is 2.12. The lowest BCUT2D eigenvalue weighted by Gasteiger charge is -2.23. The Kier molecular flexibility index (Phi) is 4.92. The maximum Gasteiger partial charge on any atom is 0.315 e. The summed E-state index contributed by atoms with van der Waals surface area (Å²) in [5, 5.41) is 9.74. The molecule has 7 nitrogen and oxygen atoms in total. The van der Waals surface area contributed by atoms with Crippen LogP contribution in [-0.2, 0) is 0 Å². The number of ether oxygens (including phenoxy) is 1. The van der Waals surface area contributed by atoms with E-state index in [9.17, 15) is 4.79 Å². The van der Waals surface area contributed by atoms with Crippen molar-refractivity contribution >= 4 is 6.03 Å². The van der Waals surface area contributed by atoms with Gasteiger partial charge in [-0.2, -0.15) is 4.98 Å². The van der Waals surface area contributed by atoms with Gasteiger partial charge in [-0.3, -0.25) is 0 Å².